The third kappa shape index (κ3) is 4.75. The molecule has 35 heavy (non-hydrogen) atoms. The number of hydrogen-bond donors (Lipinski definition) is 1. The quantitative estimate of drug-likeness (QED) is 0.234. The van der Waals surface area contributed by atoms with Gasteiger partial charge in [0.1, 0.15) is 6.10 Å². The molecule has 3 nitrogen and oxygen atoms in total. The van der Waals surface area contributed by atoms with Crippen LogP contribution in [0, 0.1) is 46.3 Å². The van der Waals surface area contributed by atoms with Crippen LogP contribution in [0.15, 0.2) is 47.6 Å². The average molecular weight is 481 g/mol. The molecule has 0 aliphatic heterocycles. The molecule has 1 N–H and O–H groups in total. The Morgan fingerprint density at radius 1 is 1.09 bits per heavy atom. The number of esters is 1. The summed E-state index contributed by atoms with van der Waals surface area (Å²) in [5.41, 5.74) is 3.87. The van der Waals surface area contributed by atoms with Crippen molar-refractivity contribution in [3.05, 3.63) is 47.6 Å². The van der Waals surface area contributed by atoms with E-state index < -0.39 is 5.97 Å². The molecule has 4 aliphatic rings. The molecule has 0 spiro atoms. The number of carbonyl (C=O) groups is 1. The summed E-state index contributed by atoms with van der Waals surface area (Å²) in [6, 6.07) is 0. The van der Waals surface area contributed by atoms with Gasteiger partial charge >= 0.3 is 5.97 Å². The Morgan fingerprint density at radius 3 is 2.51 bits per heavy atom. The maximum atomic E-state index is 12.2. The molecule has 4 rings (SSSR count). The molecular formula is C32H48O3. The Labute approximate surface area is 213 Å². The first-order chi connectivity index (χ1) is 16.5. The van der Waals surface area contributed by atoms with E-state index in [9.17, 15) is 9.90 Å². The summed E-state index contributed by atoms with van der Waals surface area (Å²) < 4.78 is 5.69. The van der Waals surface area contributed by atoms with Gasteiger partial charge in [-0.3, -0.25) is 0 Å². The molecule has 0 bridgehead atoms. The minimum Gasteiger partial charge on any atom is -0.459 e. The zero-order valence-electron chi connectivity index (χ0n) is 23.0. The van der Waals surface area contributed by atoms with Crippen LogP contribution in [-0.2, 0) is 9.53 Å². The standard InChI is InChI=1S/C32H48O3/c1-20(2)21(3)8-9-22(4)27-12-13-28-26-11-10-24-18-25(35-30(34)23(5)19-33)14-16-31(24,6)29(26)15-17-32(27,28)7/h8-11,20-22,25,27-29,33H,5,12-19H2,1-4,6-7H3/b9-8+/t21-,22+,25-,27?,28-,29-,31-,32+/m0/s1. The van der Waals surface area contributed by atoms with Gasteiger partial charge in [0.15, 0.2) is 0 Å². The van der Waals surface area contributed by atoms with Crippen LogP contribution in [0.1, 0.15) is 86.5 Å². The maximum Gasteiger partial charge on any atom is 0.336 e. The van der Waals surface area contributed by atoms with Crippen molar-refractivity contribution in [1.29, 1.82) is 0 Å². The lowest BCUT2D eigenvalue weighted by Gasteiger charge is -2.55. The lowest BCUT2D eigenvalue weighted by atomic mass is 9.50. The molecular weight excluding hydrogens is 432 g/mol. The van der Waals surface area contributed by atoms with Crippen LogP contribution in [0.3, 0.4) is 0 Å². The second-order valence-corrected chi connectivity index (χ2v) is 13.0. The number of ether oxygens (including phenoxy) is 1. The van der Waals surface area contributed by atoms with Gasteiger partial charge < -0.3 is 9.84 Å². The molecule has 0 saturated heterocycles. The van der Waals surface area contributed by atoms with Crippen molar-refractivity contribution in [2.75, 3.05) is 6.61 Å². The summed E-state index contributed by atoms with van der Waals surface area (Å²) in [5.74, 6) is 3.59. The molecule has 3 fully saturated rings. The van der Waals surface area contributed by atoms with E-state index in [0.717, 1.165) is 25.2 Å². The average Bonchev–Trinajstić information content (AvgIpc) is 3.19. The van der Waals surface area contributed by atoms with Crippen LogP contribution in [-0.4, -0.2) is 23.8 Å². The third-order valence-electron chi connectivity index (χ3n) is 10.8. The van der Waals surface area contributed by atoms with Gasteiger partial charge in [0.05, 0.1) is 12.2 Å². The fourth-order valence-corrected chi connectivity index (χ4v) is 7.98. The lowest BCUT2D eigenvalue weighted by Crippen LogP contribution is -2.46. The first-order valence-electron chi connectivity index (χ1n) is 14.1. The van der Waals surface area contributed by atoms with Crippen LogP contribution in [0.25, 0.3) is 0 Å². The molecule has 0 aromatic carbocycles. The van der Waals surface area contributed by atoms with Gasteiger partial charge in [-0.25, -0.2) is 4.79 Å². The van der Waals surface area contributed by atoms with Crippen LogP contribution in [0.4, 0.5) is 0 Å². The normalized spacial score (nSPS) is 38.2. The lowest BCUT2D eigenvalue weighted by molar-refractivity contribution is -0.146. The number of hydrogen-bond acceptors (Lipinski definition) is 3. The zero-order chi connectivity index (χ0) is 25.5. The Balaban J connectivity index is 1.51. The van der Waals surface area contributed by atoms with E-state index >= 15 is 0 Å². The Bertz CT molecular complexity index is 923. The van der Waals surface area contributed by atoms with E-state index in [4.69, 9.17) is 4.74 Å². The van der Waals surface area contributed by atoms with Crippen LogP contribution in [0.2, 0.25) is 0 Å². The Kier molecular flexibility index (Phi) is 7.59. The highest BCUT2D eigenvalue weighted by Gasteiger charge is 2.57. The van der Waals surface area contributed by atoms with Gasteiger partial charge in [-0.15, -0.1) is 0 Å². The van der Waals surface area contributed by atoms with E-state index in [0.29, 0.717) is 35.0 Å². The summed E-state index contributed by atoms with van der Waals surface area (Å²) >= 11 is 0. The van der Waals surface area contributed by atoms with Crippen LogP contribution in [0.5, 0.6) is 0 Å². The smallest absolute Gasteiger partial charge is 0.336 e. The predicted octanol–water partition coefficient (Wildman–Crippen LogP) is 7.43. The fourth-order valence-electron chi connectivity index (χ4n) is 7.98. The molecule has 8 atom stereocenters. The molecule has 0 aromatic rings. The van der Waals surface area contributed by atoms with Gasteiger partial charge in [-0.05, 0) is 84.9 Å². The fraction of sp³-hybridized carbons (Fsp3) is 0.719. The summed E-state index contributed by atoms with van der Waals surface area (Å²) in [7, 11) is 0. The van der Waals surface area contributed by atoms with E-state index in [-0.39, 0.29) is 23.7 Å². The van der Waals surface area contributed by atoms with E-state index in [1.807, 2.05) is 0 Å². The van der Waals surface area contributed by atoms with Crippen molar-refractivity contribution < 1.29 is 14.6 Å². The van der Waals surface area contributed by atoms with Crippen molar-refractivity contribution in [2.24, 2.45) is 46.3 Å². The first kappa shape index (κ1) is 26.5. The number of fused-ring (bicyclic) bond motifs is 5. The highest BCUT2D eigenvalue weighted by atomic mass is 16.5. The van der Waals surface area contributed by atoms with E-state index in [2.05, 4.69) is 72.4 Å². The first-order valence-corrected chi connectivity index (χ1v) is 14.1. The summed E-state index contributed by atoms with van der Waals surface area (Å²) in [5, 5.41) is 9.19. The largest absolute Gasteiger partial charge is 0.459 e. The number of aliphatic hydroxyl groups excluding tert-OH is 1. The topological polar surface area (TPSA) is 46.5 Å². The minimum absolute atomic E-state index is 0.106. The molecule has 0 heterocycles. The molecule has 0 radical (unpaired) electrons. The van der Waals surface area contributed by atoms with Crippen molar-refractivity contribution >= 4 is 5.97 Å². The molecule has 194 valence electrons. The second-order valence-electron chi connectivity index (χ2n) is 13.0. The highest BCUT2D eigenvalue weighted by molar-refractivity contribution is 5.88. The monoisotopic (exact) mass is 480 g/mol. The van der Waals surface area contributed by atoms with Crippen molar-refractivity contribution in [3.8, 4) is 0 Å². The van der Waals surface area contributed by atoms with Crippen LogP contribution >= 0.6 is 0 Å². The predicted molar refractivity (Wildman–Crippen MR) is 144 cm³/mol. The van der Waals surface area contributed by atoms with Gasteiger partial charge in [0, 0.05) is 6.42 Å². The van der Waals surface area contributed by atoms with E-state index in [1.54, 1.807) is 5.57 Å². The molecule has 0 amide bonds. The van der Waals surface area contributed by atoms with Gasteiger partial charge in [-0.1, -0.05) is 83.6 Å². The molecule has 3 heteroatoms. The number of rotatable bonds is 7. The Morgan fingerprint density at radius 2 is 1.83 bits per heavy atom. The van der Waals surface area contributed by atoms with Crippen molar-refractivity contribution in [2.45, 2.75) is 92.6 Å². The molecule has 1 unspecified atom stereocenters. The molecule has 4 aliphatic carbocycles. The zero-order valence-corrected chi connectivity index (χ0v) is 23.0. The van der Waals surface area contributed by atoms with Gasteiger partial charge in [-0.2, -0.15) is 0 Å². The number of carbonyl (C=O) groups excluding carboxylic acids is 1. The summed E-state index contributed by atoms with van der Waals surface area (Å²) in [6.45, 7) is 17.8. The number of allylic oxidation sites excluding steroid dienone is 5. The van der Waals surface area contributed by atoms with Gasteiger partial charge in [0.2, 0.25) is 0 Å². The molecule has 0 aromatic heterocycles. The highest BCUT2D eigenvalue weighted by Crippen LogP contribution is 2.66. The van der Waals surface area contributed by atoms with E-state index in [1.165, 1.54) is 31.3 Å². The summed E-state index contributed by atoms with van der Waals surface area (Å²) in [4.78, 5) is 12.2. The summed E-state index contributed by atoms with van der Waals surface area (Å²) in [6.07, 6.45) is 17.7. The van der Waals surface area contributed by atoms with Crippen molar-refractivity contribution in [3.63, 3.8) is 0 Å². The SMILES string of the molecule is C=C(CO)C(=O)O[C@H]1CC[C@@]2(C)C(=CC=C3[C@@H]2CC[C@]2(C)C([C@H](C)/C=C/[C@H](C)C(C)C)CC[C@@H]32)C1. The van der Waals surface area contributed by atoms with Crippen LogP contribution < -0.4 is 0 Å². The minimum atomic E-state index is -0.454. The second kappa shape index (κ2) is 10.0. The third-order valence-corrected chi connectivity index (χ3v) is 10.8. The van der Waals surface area contributed by atoms with Gasteiger partial charge in [0.25, 0.3) is 0 Å². The molecule has 3 saturated carbocycles. The maximum absolute atomic E-state index is 12.2. The Hall–Kier alpha value is -1.61. The number of aliphatic hydroxyl groups is 1. The van der Waals surface area contributed by atoms with Crippen molar-refractivity contribution in [1.82, 2.24) is 0 Å².